The van der Waals surface area contributed by atoms with Crippen molar-refractivity contribution in [1.29, 1.82) is 0 Å². The topological polar surface area (TPSA) is 116 Å². The van der Waals surface area contributed by atoms with E-state index in [4.69, 9.17) is 0 Å². The molecule has 0 aromatic carbocycles. The lowest BCUT2D eigenvalue weighted by atomic mass is 10.1. The fourth-order valence-electron chi connectivity index (χ4n) is 2.92. The zero-order chi connectivity index (χ0) is 20.1. The lowest BCUT2D eigenvalue weighted by molar-refractivity contribution is -0.128. The van der Waals surface area contributed by atoms with E-state index in [1.54, 1.807) is 11.3 Å². The molecule has 28 heavy (non-hydrogen) atoms. The van der Waals surface area contributed by atoms with Crippen LogP contribution in [-0.4, -0.2) is 42.4 Å². The van der Waals surface area contributed by atoms with Gasteiger partial charge >= 0.3 is 6.03 Å². The van der Waals surface area contributed by atoms with E-state index >= 15 is 0 Å². The number of hydrogen-bond acceptors (Lipinski definition) is 6. The molecule has 0 aliphatic carbocycles. The summed E-state index contributed by atoms with van der Waals surface area (Å²) in [6.45, 7) is 2.41. The lowest BCUT2D eigenvalue weighted by Crippen LogP contribution is -2.57. The first-order valence-electron chi connectivity index (χ1n) is 9.08. The predicted molar refractivity (Wildman–Crippen MR) is 109 cm³/mol. The molecule has 1 aliphatic heterocycles. The van der Waals surface area contributed by atoms with Gasteiger partial charge in [-0.2, -0.15) is 0 Å². The van der Waals surface area contributed by atoms with Crippen LogP contribution in [0.5, 0.6) is 0 Å². The van der Waals surface area contributed by atoms with Crippen molar-refractivity contribution >= 4 is 55.8 Å². The molecule has 0 saturated carbocycles. The average Bonchev–Trinajstić information content (AvgIpc) is 3.22. The number of imide groups is 1. The highest BCUT2D eigenvalue weighted by molar-refractivity contribution is 7.27. The van der Waals surface area contributed by atoms with E-state index < -0.39 is 18.0 Å². The van der Waals surface area contributed by atoms with Crippen LogP contribution in [0.15, 0.2) is 17.5 Å². The summed E-state index contributed by atoms with van der Waals surface area (Å²) < 4.78 is 2.26. The standard InChI is InChI=1S/C18H22N4O4S2/c1-10(20-17(25)14-9-13-12(28-14)5-7-27-13)4-2-3-6-19-16(24)11-8-15(23)22-18(26)21-11/h5,7,9-11H,2-4,6,8H2,1H3,(H,19,24)(H,20,25)(H2,21,22,23,26)/t10?,11-/m0/s1. The van der Waals surface area contributed by atoms with E-state index in [0.29, 0.717) is 6.54 Å². The Balaban J connectivity index is 1.32. The molecular formula is C18H22N4O4S2. The van der Waals surface area contributed by atoms with Gasteiger partial charge in [-0.25, -0.2) is 4.79 Å². The molecule has 1 fully saturated rings. The van der Waals surface area contributed by atoms with Gasteiger partial charge in [-0.1, -0.05) is 0 Å². The highest BCUT2D eigenvalue weighted by Gasteiger charge is 2.28. The first kappa shape index (κ1) is 20.3. The Labute approximate surface area is 170 Å². The summed E-state index contributed by atoms with van der Waals surface area (Å²) in [5.41, 5.74) is 0. The lowest BCUT2D eigenvalue weighted by Gasteiger charge is -2.22. The van der Waals surface area contributed by atoms with Crippen LogP contribution in [0.2, 0.25) is 0 Å². The van der Waals surface area contributed by atoms with Crippen molar-refractivity contribution in [2.24, 2.45) is 0 Å². The summed E-state index contributed by atoms with van der Waals surface area (Å²) in [5.74, 6) is -0.873. The molecule has 0 radical (unpaired) electrons. The van der Waals surface area contributed by atoms with E-state index in [0.717, 1.165) is 33.5 Å². The average molecular weight is 423 g/mol. The number of thiophene rings is 2. The maximum Gasteiger partial charge on any atom is 0.322 e. The minimum Gasteiger partial charge on any atom is -0.354 e. The second kappa shape index (κ2) is 9.16. The zero-order valence-electron chi connectivity index (χ0n) is 15.4. The maximum atomic E-state index is 12.3. The molecule has 3 rings (SSSR count). The predicted octanol–water partition coefficient (Wildman–Crippen LogP) is 1.97. The summed E-state index contributed by atoms with van der Waals surface area (Å²) in [6.07, 6.45) is 2.32. The molecule has 3 heterocycles. The summed E-state index contributed by atoms with van der Waals surface area (Å²) in [6, 6.07) is 2.51. The Kier molecular flexibility index (Phi) is 6.63. The molecule has 5 amide bonds. The quantitative estimate of drug-likeness (QED) is 0.487. The second-order valence-electron chi connectivity index (χ2n) is 6.70. The minimum absolute atomic E-state index is 0.0321. The van der Waals surface area contributed by atoms with E-state index in [1.165, 1.54) is 11.3 Å². The smallest absolute Gasteiger partial charge is 0.322 e. The third-order valence-electron chi connectivity index (χ3n) is 4.37. The van der Waals surface area contributed by atoms with Crippen LogP contribution in [0, 0.1) is 0 Å². The third-order valence-corrected chi connectivity index (χ3v) is 6.46. The number of rotatable bonds is 8. The van der Waals surface area contributed by atoms with Crippen molar-refractivity contribution in [1.82, 2.24) is 21.3 Å². The van der Waals surface area contributed by atoms with Gasteiger partial charge in [0.2, 0.25) is 11.8 Å². The van der Waals surface area contributed by atoms with Crippen LogP contribution in [0.3, 0.4) is 0 Å². The Hall–Kier alpha value is -2.46. The molecule has 10 heteroatoms. The molecule has 2 atom stereocenters. The van der Waals surface area contributed by atoms with Gasteiger partial charge in [0.15, 0.2) is 0 Å². The Bertz CT molecular complexity index is 847. The molecule has 1 unspecified atom stereocenters. The number of amides is 5. The largest absolute Gasteiger partial charge is 0.354 e. The van der Waals surface area contributed by atoms with Gasteiger partial charge in [-0.3, -0.25) is 19.7 Å². The van der Waals surface area contributed by atoms with Gasteiger partial charge in [0.05, 0.1) is 11.3 Å². The van der Waals surface area contributed by atoms with Gasteiger partial charge in [-0.15, -0.1) is 22.7 Å². The molecule has 4 N–H and O–H groups in total. The number of urea groups is 1. The highest BCUT2D eigenvalue weighted by atomic mass is 32.1. The molecule has 1 aliphatic rings. The van der Waals surface area contributed by atoms with Crippen LogP contribution < -0.4 is 21.3 Å². The Morgan fingerprint density at radius 3 is 2.86 bits per heavy atom. The van der Waals surface area contributed by atoms with E-state index in [-0.39, 0.29) is 24.3 Å². The van der Waals surface area contributed by atoms with E-state index in [1.807, 2.05) is 24.4 Å². The van der Waals surface area contributed by atoms with E-state index in [9.17, 15) is 19.2 Å². The van der Waals surface area contributed by atoms with Crippen LogP contribution in [0.25, 0.3) is 9.40 Å². The third kappa shape index (κ3) is 5.29. The first-order valence-corrected chi connectivity index (χ1v) is 10.8. The SMILES string of the molecule is CC(CCCCNC(=O)[C@@H]1CC(=O)NC(=O)N1)NC(=O)c1cc2sccc2s1. The molecule has 0 spiro atoms. The number of fused-ring (bicyclic) bond motifs is 1. The van der Waals surface area contributed by atoms with Crippen LogP contribution >= 0.6 is 22.7 Å². The normalized spacial score (nSPS) is 17.7. The molecule has 2 aromatic heterocycles. The van der Waals surface area contributed by atoms with Crippen molar-refractivity contribution in [2.45, 2.75) is 44.7 Å². The van der Waals surface area contributed by atoms with Gasteiger partial charge in [0.1, 0.15) is 6.04 Å². The molecule has 1 saturated heterocycles. The van der Waals surface area contributed by atoms with Gasteiger partial charge in [0.25, 0.3) is 5.91 Å². The van der Waals surface area contributed by atoms with Crippen molar-refractivity contribution in [3.8, 4) is 0 Å². The number of carbonyl (C=O) groups excluding carboxylic acids is 4. The van der Waals surface area contributed by atoms with E-state index in [2.05, 4.69) is 21.3 Å². The van der Waals surface area contributed by atoms with Crippen LogP contribution in [-0.2, 0) is 9.59 Å². The number of carbonyl (C=O) groups is 4. The zero-order valence-corrected chi connectivity index (χ0v) is 17.0. The van der Waals surface area contributed by atoms with Gasteiger partial charge < -0.3 is 16.0 Å². The minimum atomic E-state index is -0.820. The van der Waals surface area contributed by atoms with Gasteiger partial charge in [-0.05, 0) is 43.7 Å². The fourth-order valence-corrected chi connectivity index (χ4v) is 4.93. The van der Waals surface area contributed by atoms with Gasteiger partial charge in [0, 0.05) is 22.0 Å². The number of unbranched alkanes of at least 4 members (excludes halogenated alkanes) is 1. The summed E-state index contributed by atoms with van der Waals surface area (Å²) >= 11 is 3.12. The first-order chi connectivity index (χ1) is 13.4. The van der Waals surface area contributed by atoms with Crippen molar-refractivity contribution in [3.63, 3.8) is 0 Å². The summed E-state index contributed by atoms with van der Waals surface area (Å²) in [7, 11) is 0. The Morgan fingerprint density at radius 1 is 1.29 bits per heavy atom. The highest BCUT2D eigenvalue weighted by Crippen LogP contribution is 2.29. The van der Waals surface area contributed by atoms with Crippen LogP contribution in [0.4, 0.5) is 4.79 Å². The maximum absolute atomic E-state index is 12.3. The molecule has 150 valence electrons. The molecule has 2 aromatic rings. The Morgan fingerprint density at radius 2 is 2.11 bits per heavy atom. The van der Waals surface area contributed by atoms with Crippen molar-refractivity contribution in [3.05, 3.63) is 22.4 Å². The molecular weight excluding hydrogens is 400 g/mol. The van der Waals surface area contributed by atoms with Crippen molar-refractivity contribution in [2.75, 3.05) is 6.54 Å². The summed E-state index contributed by atoms with van der Waals surface area (Å²) in [5, 5.41) is 12.3. The number of hydrogen-bond donors (Lipinski definition) is 4. The fraction of sp³-hybridized carbons (Fsp3) is 0.444. The number of nitrogens with one attached hydrogen (secondary N) is 4. The molecule has 0 bridgehead atoms. The second-order valence-corrected chi connectivity index (χ2v) is 8.73. The monoisotopic (exact) mass is 422 g/mol. The molecule has 8 nitrogen and oxygen atoms in total. The van der Waals surface area contributed by atoms with Crippen LogP contribution in [0.1, 0.15) is 42.3 Å². The summed E-state index contributed by atoms with van der Waals surface area (Å²) in [4.78, 5) is 47.5. The van der Waals surface area contributed by atoms with Crippen molar-refractivity contribution < 1.29 is 19.2 Å².